The Kier molecular flexibility index (Phi) is 4.46. The quantitative estimate of drug-likeness (QED) is 0.553. The molecule has 0 aromatic heterocycles. The van der Waals surface area contributed by atoms with E-state index in [1.807, 2.05) is 0 Å². The topological polar surface area (TPSA) is 34.1 Å². The Morgan fingerprint density at radius 2 is 1.68 bits per heavy atom. The monoisotopic (exact) mass is 362 g/mol. The third-order valence-electron chi connectivity index (χ3n) is 9.47. The van der Waals surface area contributed by atoms with Crippen LogP contribution in [0.3, 0.4) is 0 Å². The fraction of sp³-hybridized carbons (Fsp3) is 0.955. The largest absolute Gasteiger partial charge is 0.299 e. The van der Waals surface area contributed by atoms with Crippen molar-refractivity contribution in [2.24, 2.45) is 46.3 Å². The van der Waals surface area contributed by atoms with Crippen LogP contribution >= 0.6 is 8.46 Å². The molecule has 3 unspecified atom stereocenters. The van der Waals surface area contributed by atoms with E-state index in [1.165, 1.54) is 32.1 Å². The van der Waals surface area contributed by atoms with Gasteiger partial charge >= 0.3 is 0 Å². The number of rotatable bonds is 2. The highest BCUT2D eigenvalue weighted by Crippen LogP contribution is 2.67. The van der Waals surface area contributed by atoms with Crippen LogP contribution in [0.1, 0.15) is 79.1 Å². The molecule has 4 fully saturated rings. The van der Waals surface area contributed by atoms with E-state index in [1.54, 1.807) is 0 Å². The lowest BCUT2D eigenvalue weighted by Crippen LogP contribution is -2.57. The van der Waals surface area contributed by atoms with Crippen molar-refractivity contribution < 1.29 is 9.36 Å². The van der Waals surface area contributed by atoms with E-state index in [-0.39, 0.29) is 0 Å². The van der Waals surface area contributed by atoms with E-state index in [4.69, 9.17) is 0 Å². The van der Waals surface area contributed by atoms with Gasteiger partial charge in [-0.05, 0) is 85.4 Å². The molecule has 0 aliphatic heterocycles. The molecule has 0 N–H and O–H groups in total. The summed E-state index contributed by atoms with van der Waals surface area (Å²) in [5.74, 6) is 4.12. The first kappa shape index (κ1) is 18.1. The van der Waals surface area contributed by atoms with Crippen LogP contribution in [0.15, 0.2) is 0 Å². The third-order valence-corrected chi connectivity index (χ3v) is 10.2. The standard InChI is InChI=1S/C22H35O2P/c1-13(2)16-5-6-17-20-18(8-10-22(16,17)4)21(3)9-7-15(25-24)11-14(21)12-19(20)23/h13-18,20H,5-12H2,1-4H3/t14-,15+,16+,17?,18?,20?,21-,22+/m0/s1. The summed E-state index contributed by atoms with van der Waals surface area (Å²) in [5, 5.41) is 0. The van der Waals surface area contributed by atoms with E-state index in [9.17, 15) is 9.36 Å². The van der Waals surface area contributed by atoms with Gasteiger partial charge in [-0.3, -0.25) is 9.36 Å². The van der Waals surface area contributed by atoms with Crippen molar-refractivity contribution in [3.05, 3.63) is 0 Å². The van der Waals surface area contributed by atoms with Crippen LogP contribution in [0.4, 0.5) is 0 Å². The van der Waals surface area contributed by atoms with E-state index in [0.29, 0.717) is 54.4 Å². The van der Waals surface area contributed by atoms with Crippen molar-refractivity contribution >= 4 is 14.2 Å². The van der Waals surface area contributed by atoms with Gasteiger partial charge in [-0.25, -0.2) is 0 Å². The molecule has 8 atom stereocenters. The summed E-state index contributed by atoms with van der Waals surface area (Å²) in [7, 11) is 0.303. The zero-order valence-electron chi connectivity index (χ0n) is 16.5. The lowest BCUT2D eigenvalue weighted by Gasteiger charge is -2.60. The molecule has 140 valence electrons. The first-order chi connectivity index (χ1) is 11.8. The van der Waals surface area contributed by atoms with Crippen molar-refractivity contribution in [1.82, 2.24) is 0 Å². The molecular formula is C22H35O2P. The molecule has 4 saturated carbocycles. The number of ketones is 1. The maximum Gasteiger partial charge on any atom is 0.158 e. The molecule has 4 aliphatic rings. The number of hydrogen-bond donors (Lipinski definition) is 0. The molecule has 0 heterocycles. The Hall–Kier alpha value is -0.230. The van der Waals surface area contributed by atoms with Crippen LogP contribution in [-0.2, 0) is 9.36 Å². The minimum Gasteiger partial charge on any atom is -0.299 e. The Morgan fingerprint density at radius 1 is 1.00 bits per heavy atom. The minimum atomic E-state index is 0.299. The summed E-state index contributed by atoms with van der Waals surface area (Å²) in [4.78, 5) is 13.3. The van der Waals surface area contributed by atoms with E-state index in [2.05, 4.69) is 27.7 Å². The zero-order chi connectivity index (χ0) is 18.0. The maximum absolute atomic E-state index is 13.3. The van der Waals surface area contributed by atoms with Crippen molar-refractivity contribution in [1.29, 1.82) is 0 Å². The molecule has 0 aromatic carbocycles. The Bertz CT molecular complexity index is 572. The fourth-order valence-electron chi connectivity index (χ4n) is 8.14. The number of carbonyl (C=O) groups is 1. The summed E-state index contributed by atoms with van der Waals surface area (Å²) in [6.45, 7) is 9.76. The zero-order valence-corrected chi connectivity index (χ0v) is 17.4. The van der Waals surface area contributed by atoms with Crippen LogP contribution in [-0.4, -0.2) is 11.4 Å². The fourth-order valence-corrected chi connectivity index (χ4v) is 8.72. The van der Waals surface area contributed by atoms with Crippen molar-refractivity contribution in [2.45, 2.75) is 84.7 Å². The van der Waals surface area contributed by atoms with Crippen LogP contribution in [0.2, 0.25) is 0 Å². The molecule has 4 rings (SSSR count). The maximum atomic E-state index is 13.3. The smallest absolute Gasteiger partial charge is 0.158 e. The average Bonchev–Trinajstić information content (AvgIpc) is 2.92. The molecule has 25 heavy (non-hydrogen) atoms. The van der Waals surface area contributed by atoms with E-state index >= 15 is 0 Å². The Morgan fingerprint density at radius 3 is 2.36 bits per heavy atom. The van der Waals surface area contributed by atoms with E-state index < -0.39 is 0 Å². The van der Waals surface area contributed by atoms with Gasteiger partial charge in [0.05, 0.1) is 0 Å². The molecule has 0 radical (unpaired) electrons. The highest BCUT2D eigenvalue weighted by atomic mass is 31.1. The summed E-state index contributed by atoms with van der Waals surface area (Å²) in [6, 6.07) is 0. The minimum absolute atomic E-state index is 0.299. The predicted molar refractivity (Wildman–Crippen MR) is 102 cm³/mol. The SMILES string of the molecule is CC(C)[C@H]1CCC2C3C(=O)C[C@@H]4C[C@H](P=O)CC[C@]4(C)C3CC[C@@]21C. The van der Waals surface area contributed by atoms with Crippen molar-refractivity contribution in [2.75, 3.05) is 0 Å². The first-order valence-corrected chi connectivity index (χ1v) is 11.5. The molecule has 0 bridgehead atoms. The molecule has 0 aromatic rings. The molecule has 0 spiro atoms. The predicted octanol–water partition coefficient (Wildman–Crippen LogP) is 6.14. The van der Waals surface area contributed by atoms with Gasteiger partial charge in [-0.2, -0.15) is 0 Å². The van der Waals surface area contributed by atoms with Crippen LogP contribution in [0.5, 0.6) is 0 Å². The van der Waals surface area contributed by atoms with Crippen LogP contribution in [0.25, 0.3) is 0 Å². The van der Waals surface area contributed by atoms with Gasteiger partial charge in [0.1, 0.15) is 5.78 Å². The summed E-state index contributed by atoms with van der Waals surface area (Å²) in [5.41, 5.74) is 1.00. The second kappa shape index (κ2) is 6.15. The van der Waals surface area contributed by atoms with Gasteiger partial charge in [-0.1, -0.05) is 27.7 Å². The lowest BCUT2D eigenvalue weighted by molar-refractivity contribution is -0.156. The van der Waals surface area contributed by atoms with Gasteiger partial charge in [0.2, 0.25) is 0 Å². The highest BCUT2D eigenvalue weighted by molar-refractivity contribution is 7.24. The number of Topliss-reactive ketones (excluding diaryl/α,β-unsaturated/α-hetero) is 1. The molecule has 0 amide bonds. The highest BCUT2D eigenvalue weighted by Gasteiger charge is 2.62. The first-order valence-electron chi connectivity index (χ1n) is 10.7. The molecule has 0 saturated heterocycles. The summed E-state index contributed by atoms with van der Waals surface area (Å²) >= 11 is 0. The number of hydrogen-bond acceptors (Lipinski definition) is 2. The van der Waals surface area contributed by atoms with Crippen LogP contribution in [0, 0.1) is 46.3 Å². The number of carbonyl (C=O) groups excluding carboxylic acids is 1. The summed E-state index contributed by atoms with van der Waals surface area (Å²) in [6.07, 6.45) is 9.21. The van der Waals surface area contributed by atoms with Crippen molar-refractivity contribution in [3.8, 4) is 0 Å². The Balaban J connectivity index is 1.65. The van der Waals surface area contributed by atoms with Gasteiger partial charge in [0.25, 0.3) is 0 Å². The van der Waals surface area contributed by atoms with Crippen LogP contribution < -0.4 is 0 Å². The van der Waals surface area contributed by atoms with Gasteiger partial charge in [0.15, 0.2) is 8.46 Å². The second-order valence-electron chi connectivity index (χ2n) is 10.6. The van der Waals surface area contributed by atoms with Gasteiger partial charge < -0.3 is 0 Å². The Labute approximate surface area is 155 Å². The van der Waals surface area contributed by atoms with Crippen molar-refractivity contribution in [3.63, 3.8) is 0 Å². The van der Waals surface area contributed by atoms with E-state index in [0.717, 1.165) is 31.1 Å². The summed E-state index contributed by atoms with van der Waals surface area (Å²) < 4.78 is 11.4. The van der Waals surface area contributed by atoms with Gasteiger partial charge in [0, 0.05) is 18.0 Å². The molecule has 3 heteroatoms. The molecule has 2 nitrogen and oxygen atoms in total. The molecular weight excluding hydrogens is 327 g/mol. The van der Waals surface area contributed by atoms with Gasteiger partial charge in [-0.15, -0.1) is 0 Å². The normalized spacial score (nSPS) is 52.8. The molecule has 4 aliphatic carbocycles. The third kappa shape index (κ3) is 2.53. The lowest BCUT2D eigenvalue weighted by atomic mass is 9.44. The second-order valence-corrected chi connectivity index (χ2v) is 11.6. The number of fused-ring (bicyclic) bond motifs is 5. The average molecular weight is 362 g/mol.